The molecular weight excluding hydrogens is 424 g/mol. The average molecular weight is 450 g/mol. The van der Waals surface area contributed by atoms with E-state index in [0.717, 1.165) is 0 Å². The van der Waals surface area contributed by atoms with E-state index < -0.39 is 22.2 Å². The average Bonchev–Trinajstić information content (AvgIpc) is 3.04. The van der Waals surface area contributed by atoms with E-state index in [1.54, 1.807) is 67.5 Å². The molecule has 0 fully saturated rings. The standard InChI is InChI=1S/C24H26N4O5/c1-21(2)22(3,4)26(30)19(25(21)29)13-11-17-15-9-10-16(15)18(33-17)12-14-20-27(31)23(5,6)24(7,8)28(20)32/h9-10H,1-8H3. The number of fused-ring (bicyclic) bond motifs is 1. The number of rotatable bonds is 0. The molecule has 0 atom stereocenters. The fourth-order valence-electron chi connectivity index (χ4n) is 3.69. The van der Waals surface area contributed by atoms with E-state index in [1.165, 1.54) is 0 Å². The molecule has 0 bridgehead atoms. The Bertz CT molecular complexity index is 1190. The van der Waals surface area contributed by atoms with Crippen molar-refractivity contribution in [3.05, 3.63) is 33.1 Å². The molecule has 0 aromatic carbocycles. The Morgan fingerprint density at radius 3 is 1.27 bits per heavy atom. The van der Waals surface area contributed by atoms with Gasteiger partial charge in [0.25, 0.3) is 0 Å². The Morgan fingerprint density at radius 1 is 0.697 bits per heavy atom. The van der Waals surface area contributed by atoms with Crippen molar-refractivity contribution in [1.82, 2.24) is 10.1 Å². The molecule has 1 aromatic heterocycles. The summed E-state index contributed by atoms with van der Waals surface area (Å²) in [6.45, 7) is 13.5. The van der Waals surface area contributed by atoms with Gasteiger partial charge in [0.2, 0.25) is 0 Å². The number of hydrogen-bond acceptors (Lipinski definition) is 5. The smallest absolute Gasteiger partial charge is 0.363 e. The molecule has 0 unspecified atom stereocenters. The van der Waals surface area contributed by atoms with Crippen LogP contribution in [0, 0.1) is 34.1 Å². The molecule has 9 heteroatoms. The molecule has 3 heterocycles. The lowest BCUT2D eigenvalue weighted by atomic mass is 9.84. The maximum absolute atomic E-state index is 12.7. The lowest BCUT2D eigenvalue weighted by Gasteiger charge is -2.32. The van der Waals surface area contributed by atoms with Crippen molar-refractivity contribution in [2.24, 2.45) is 0 Å². The van der Waals surface area contributed by atoms with Crippen molar-refractivity contribution in [3.63, 3.8) is 0 Å². The maximum atomic E-state index is 12.7. The van der Waals surface area contributed by atoms with Gasteiger partial charge in [-0.25, -0.2) is 9.48 Å². The molecular formula is C24H26N4O5. The van der Waals surface area contributed by atoms with E-state index in [4.69, 9.17) is 4.42 Å². The first kappa shape index (κ1) is 22.8. The predicted molar refractivity (Wildman–Crippen MR) is 120 cm³/mol. The first-order valence-electron chi connectivity index (χ1n) is 10.6. The number of hydrogen-bond donors (Lipinski definition) is 0. The maximum Gasteiger partial charge on any atom is 0.363 e. The second kappa shape index (κ2) is 6.57. The predicted octanol–water partition coefficient (Wildman–Crippen LogP) is 2.72. The molecule has 0 amide bonds. The van der Waals surface area contributed by atoms with Gasteiger partial charge < -0.3 is 14.8 Å². The number of amidine groups is 2. The molecule has 0 spiro atoms. The lowest BCUT2D eigenvalue weighted by molar-refractivity contribution is -0.539. The minimum Gasteiger partial charge on any atom is -0.714 e. The second-order valence-electron chi connectivity index (χ2n) is 10.5. The van der Waals surface area contributed by atoms with Crippen LogP contribution in [0.3, 0.4) is 0 Å². The topological polar surface area (TPSA) is 112 Å². The van der Waals surface area contributed by atoms with Gasteiger partial charge in [-0.2, -0.15) is 0 Å². The first-order valence-corrected chi connectivity index (χ1v) is 10.6. The number of hydroxylamine groups is 6. The molecule has 1 aromatic rings. The molecule has 9 nitrogen and oxygen atoms in total. The monoisotopic (exact) mass is 450 g/mol. The highest BCUT2D eigenvalue weighted by Gasteiger charge is 2.60. The minimum atomic E-state index is -0.960. The SMILES string of the molecule is CC1(C)N([O])C(C#Cc2oc(C#CC3=[N+]([O-])C(C)(C)C(C)(C)N3[O])c3c2C=C3)=[N+]([O-])C1(C)C. The third-order valence-electron chi connectivity index (χ3n) is 7.77. The van der Waals surface area contributed by atoms with E-state index in [1.807, 2.05) is 0 Å². The third kappa shape index (κ3) is 2.76. The van der Waals surface area contributed by atoms with Crippen LogP contribution in [0.15, 0.2) is 4.42 Å². The summed E-state index contributed by atoms with van der Waals surface area (Å²) < 4.78 is 7.02. The van der Waals surface area contributed by atoms with Gasteiger partial charge in [0.15, 0.2) is 22.6 Å². The van der Waals surface area contributed by atoms with Crippen molar-refractivity contribution < 1.29 is 24.3 Å². The molecule has 0 N–H and O–H groups in total. The lowest BCUT2D eigenvalue weighted by Crippen LogP contribution is -2.53. The highest BCUT2D eigenvalue weighted by molar-refractivity contribution is 5.98. The normalized spacial score (nSPS) is 23.1. The van der Waals surface area contributed by atoms with E-state index in [-0.39, 0.29) is 23.2 Å². The van der Waals surface area contributed by atoms with Gasteiger partial charge in [-0.1, -0.05) is 10.1 Å². The van der Waals surface area contributed by atoms with Crippen molar-refractivity contribution in [3.8, 4) is 23.7 Å². The molecule has 1 aliphatic carbocycles. The van der Waals surface area contributed by atoms with Gasteiger partial charge in [-0.05, 0) is 79.4 Å². The van der Waals surface area contributed by atoms with Crippen LogP contribution in [0.4, 0.5) is 0 Å². The highest BCUT2D eigenvalue weighted by Crippen LogP contribution is 2.37. The second-order valence-corrected chi connectivity index (χ2v) is 10.5. The highest BCUT2D eigenvalue weighted by atomic mass is 16.5. The zero-order chi connectivity index (χ0) is 24.7. The van der Waals surface area contributed by atoms with Gasteiger partial charge in [0, 0.05) is 33.4 Å². The van der Waals surface area contributed by atoms with E-state index >= 15 is 0 Å². The molecule has 0 saturated heterocycles. The minimum absolute atomic E-state index is 0.193. The van der Waals surface area contributed by atoms with Gasteiger partial charge in [-0.3, -0.25) is 0 Å². The van der Waals surface area contributed by atoms with Crippen LogP contribution in [0.1, 0.15) is 78.0 Å². The Labute approximate surface area is 193 Å². The fourth-order valence-corrected chi connectivity index (χ4v) is 3.69. The fraction of sp³-hybridized carbons (Fsp3) is 0.500. The summed E-state index contributed by atoms with van der Waals surface area (Å²) in [4.78, 5) is 0. The summed E-state index contributed by atoms with van der Waals surface area (Å²) in [5.41, 5.74) is -2.46. The van der Waals surface area contributed by atoms with Crippen LogP contribution in [-0.2, 0) is 10.4 Å². The van der Waals surface area contributed by atoms with Crippen LogP contribution >= 0.6 is 0 Å². The van der Waals surface area contributed by atoms with E-state index in [9.17, 15) is 20.8 Å². The molecule has 2 radical (unpaired) electrons. The summed E-state index contributed by atoms with van der Waals surface area (Å²) in [6, 6.07) is 0. The van der Waals surface area contributed by atoms with E-state index in [2.05, 4.69) is 23.7 Å². The zero-order valence-corrected chi connectivity index (χ0v) is 20.0. The summed E-state index contributed by atoms with van der Waals surface area (Å²) in [5.74, 6) is 11.0. The van der Waals surface area contributed by atoms with Crippen LogP contribution in [0.2, 0.25) is 0 Å². The van der Waals surface area contributed by atoms with Crippen molar-refractivity contribution >= 4 is 23.8 Å². The van der Waals surface area contributed by atoms with Gasteiger partial charge in [0.05, 0.1) is 0 Å². The summed E-state index contributed by atoms with van der Waals surface area (Å²) in [7, 11) is 0. The van der Waals surface area contributed by atoms with Crippen LogP contribution in [0.25, 0.3) is 12.2 Å². The molecule has 3 aliphatic rings. The Kier molecular flexibility index (Phi) is 4.53. The summed E-state index contributed by atoms with van der Waals surface area (Å²) in [5, 5.41) is 51.9. The quantitative estimate of drug-likeness (QED) is 0.348. The van der Waals surface area contributed by atoms with Crippen LogP contribution < -0.4 is 0 Å². The zero-order valence-electron chi connectivity index (χ0n) is 20.0. The summed E-state index contributed by atoms with van der Waals surface area (Å²) >= 11 is 0. The largest absolute Gasteiger partial charge is 0.714 e. The molecule has 4 rings (SSSR count). The number of furan rings is 1. The molecule has 172 valence electrons. The van der Waals surface area contributed by atoms with Crippen molar-refractivity contribution in [2.75, 3.05) is 0 Å². The van der Waals surface area contributed by atoms with Crippen LogP contribution in [-0.4, -0.2) is 53.4 Å². The molecule has 0 saturated carbocycles. The van der Waals surface area contributed by atoms with Crippen molar-refractivity contribution in [1.29, 1.82) is 0 Å². The Hall–Kier alpha value is -3.40. The number of nitrogens with zero attached hydrogens (tertiary/aromatic N) is 4. The van der Waals surface area contributed by atoms with Gasteiger partial charge >= 0.3 is 11.7 Å². The Morgan fingerprint density at radius 2 is 1.03 bits per heavy atom. The van der Waals surface area contributed by atoms with E-state index in [0.29, 0.717) is 30.7 Å². The Balaban J connectivity index is 1.69. The van der Waals surface area contributed by atoms with Crippen molar-refractivity contribution in [2.45, 2.75) is 77.5 Å². The van der Waals surface area contributed by atoms with Crippen LogP contribution in [0.5, 0.6) is 0 Å². The third-order valence-corrected chi connectivity index (χ3v) is 7.77. The molecule has 2 aliphatic heterocycles. The summed E-state index contributed by atoms with van der Waals surface area (Å²) in [6.07, 6.45) is 3.56. The first-order chi connectivity index (χ1) is 15.1. The van der Waals surface area contributed by atoms with Gasteiger partial charge in [0.1, 0.15) is 11.1 Å². The van der Waals surface area contributed by atoms with Gasteiger partial charge in [-0.15, -0.1) is 0 Å². The molecule has 33 heavy (non-hydrogen) atoms.